The van der Waals surface area contributed by atoms with Gasteiger partial charge in [-0.25, -0.2) is 0 Å². The first-order valence-corrected chi connectivity index (χ1v) is 9.88. The molecule has 3 rings (SSSR count). The van der Waals surface area contributed by atoms with E-state index in [1.807, 2.05) is 24.7 Å². The second kappa shape index (κ2) is 8.50. The van der Waals surface area contributed by atoms with Crippen molar-refractivity contribution in [2.45, 2.75) is 64.8 Å². The Morgan fingerprint density at radius 1 is 1.29 bits per heavy atom. The van der Waals surface area contributed by atoms with Crippen molar-refractivity contribution in [3.63, 3.8) is 0 Å². The molecule has 1 aliphatic rings. The second-order valence-corrected chi connectivity index (χ2v) is 7.42. The first kappa shape index (κ1) is 20.6. The molecular formula is C18H25F3N6S. The van der Waals surface area contributed by atoms with Gasteiger partial charge in [-0.3, -0.25) is 9.36 Å². The van der Waals surface area contributed by atoms with E-state index in [1.54, 1.807) is 0 Å². The van der Waals surface area contributed by atoms with E-state index in [1.165, 1.54) is 10.7 Å². The molecule has 0 aromatic carbocycles. The third-order valence-corrected chi connectivity index (χ3v) is 5.03. The average Bonchev–Trinajstić information content (AvgIpc) is 3.28. The van der Waals surface area contributed by atoms with Gasteiger partial charge in [0.05, 0.1) is 5.69 Å². The smallest absolute Gasteiger partial charge is 0.363 e. The molecule has 1 saturated carbocycles. The van der Waals surface area contributed by atoms with Crippen molar-refractivity contribution in [3.05, 3.63) is 34.9 Å². The van der Waals surface area contributed by atoms with Crippen LogP contribution in [0.25, 0.3) is 0 Å². The van der Waals surface area contributed by atoms with Crippen molar-refractivity contribution >= 4 is 17.3 Å². The molecule has 28 heavy (non-hydrogen) atoms. The lowest BCUT2D eigenvalue weighted by Gasteiger charge is -2.11. The summed E-state index contributed by atoms with van der Waals surface area (Å²) in [4.78, 5) is 0. The first-order chi connectivity index (χ1) is 13.3. The van der Waals surface area contributed by atoms with Gasteiger partial charge in [-0.15, -0.1) is 0 Å². The molecule has 0 amide bonds. The first-order valence-electron chi connectivity index (χ1n) is 9.47. The van der Waals surface area contributed by atoms with Gasteiger partial charge in [-0.2, -0.15) is 23.4 Å². The van der Waals surface area contributed by atoms with Crippen LogP contribution >= 0.6 is 12.2 Å². The zero-order valence-corrected chi connectivity index (χ0v) is 16.8. The van der Waals surface area contributed by atoms with Crippen LogP contribution < -0.4 is 10.6 Å². The highest BCUT2D eigenvalue weighted by Crippen LogP contribution is 2.42. The van der Waals surface area contributed by atoms with Gasteiger partial charge in [0.1, 0.15) is 0 Å². The van der Waals surface area contributed by atoms with E-state index in [0.29, 0.717) is 36.9 Å². The summed E-state index contributed by atoms with van der Waals surface area (Å²) >= 11 is 5.27. The summed E-state index contributed by atoms with van der Waals surface area (Å²) in [6.45, 7) is 6.37. The van der Waals surface area contributed by atoms with Crippen molar-refractivity contribution in [2.75, 3.05) is 6.54 Å². The molecule has 0 atom stereocenters. The maximum Gasteiger partial charge on any atom is 0.435 e. The molecule has 1 aliphatic carbocycles. The van der Waals surface area contributed by atoms with Crippen LogP contribution in [0.5, 0.6) is 0 Å². The van der Waals surface area contributed by atoms with E-state index in [9.17, 15) is 13.2 Å². The topological polar surface area (TPSA) is 59.7 Å². The quantitative estimate of drug-likeness (QED) is 0.512. The maximum atomic E-state index is 12.9. The predicted molar refractivity (Wildman–Crippen MR) is 104 cm³/mol. The average molecular weight is 415 g/mol. The van der Waals surface area contributed by atoms with Crippen molar-refractivity contribution in [1.29, 1.82) is 0 Å². The Morgan fingerprint density at radius 3 is 2.64 bits per heavy atom. The molecule has 2 aromatic heterocycles. The van der Waals surface area contributed by atoms with Crippen LogP contribution in [0.3, 0.4) is 0 Å². The van der Waals surface area contributed by atoms with E-state index in [-0.39, 0.29) is 5.92 Å². The van der Waals surface area contributed by atoms with Crippen LogP contribution in [0.15, 0.2) is 12.3 Å². The van der Waals surface area contributed by atoms with Crippen LogP contribution in [0.4, 0.5) is 13.2 Å². The van der Waals surface area contributed by atoms with Gasteiger partial charge in [0, 0.05) is 49.6 Å². The molecule has 0 aliphatic heterocycles. The number of aromatic nitrogens is 4. The Bertz CT molecular complexity index is 822. The Labute approximate surface area is 167 Å². The molecular weight excluding hydrogens is 389 g/mol. The van der Waals surface area contributed by atoms with Gasteiger partial charge in [-0.05, 0) is 51.4 Å². The van der Waals surface area contributed by atoms with Crippen LogP contribution in [0.2, 0.25) is 0 Å². The summed E-state index contributed by atoms with van der Waals surface area (Å²) < 4.78 is 42.1. The molecule has 0 spiro atoms. The Kier molecular flexibility index (Phi) is 6.26. The number of thiocarbonyl (C=S) groups is 1. The molecule has 0 unspecified atom stereocenters. The van der Waals surface area contributed by atoms with E-state index >= 15 is 0 Å². The zero-order valence-electron chi connectivity index (χ0n) is 16.0. The number of hydrogen-bond donors (Lipinski definition) is 2. The van der Waals surface area contributed by atoms with E-state index in [4.69, 9.17) is 12.2 Å². The minimum atomic E-state index is -4.40. The number of aryl methyl sites for hydroxylation is 3. The van der Waals surface area contributed by atoms with E-state index in [0.717, 1.165) is 30.6 Å². The lowest BCUT2D eigenvalue weighted by atomic mass is 10.2. The number of rotatable bonds is 8. The van der Waals surface area contributed by atoms with Gasteiger partial charge in [0.15, 0.2) is 10.8 Å². The number of nitrogens with one attached hydrogen (secondary N) is 2. The highest BCUT2D eigenvalue weighted by atomic mass is 32.1. The largest absolute Gasteiger partial charge is 0.435 e. The molecule has 2 aromatic rings. The maximum absolute atomic E-state index is 12.9. The highest BCUT2D eigenvalue weighted by molar-refractivity contribution is 7.80. The lowest BCUT2D eigenvalue weighted by Crippen LogP contribution is -2.35. The zero-order chi connectivity index (χ0) is 20.3. The van der Waals surface area contributed by atoms with Gasteiger partial charge in [0.25, 0.3) is 0 Å². The minimum absolute atomic E-state index is 0.214. The van der Waals surface area contributed by atoms with Crippen molar-refractivity contribution in [3.8, 4) is 0 Å². The minimum Gasteiger partial charge on any atom is -0.363 e. The predicted octanol–water partition coefficient (Wildman–Crippen LogP) is 3.36. The van der Waals surface area contributed by atoms with Crippen LogP contribution in [0, 0.1) is 6.92 Å². The molecule has 0 radical (unpaired) electrons. The Morgan fingerprint density at radius 2 is 2.04 bits per heavy atom. The fourth-order valence-corrected chi connectivity index (χ4v) is 3.19. The molecule has 6 nitrogen and oxygen atoms in total. The summed E-state index contributed by atoms with van der Waals surface area (Å²) in [5.41, 5.74) is 1.93. The Hall–Kier alpha value is -2.10. The van der Waals surface area contributed by atoms with Crippen molar-refractivity contribution in [2.24, 2.45) is 0 Å². The molecule has 1 fully saturated rings. The summed E-state index contributed by atoms with van der Waals surface area (Å²) in [6, 6.07) is 1.19. The summed E-state index contributed by atoms with van der Waals surface area (Å²) in [6.07, 6.45) is 0.0858. The number of halogens is 3. The van der Waals surface area contributed by atoms with Gasteiger partial charge < -0.3 is 10.6 Å². The molecule has 0 saturated heterocycles. The monoisotopic (exact) mass is 414 g/mol. The van der Waals surface area contributed by atoms with E-state index in [2.05, 4.69) is 20.8 Å². The number of nitrogens with zero attached hydrogens (tertiary/aromatic N) is 4. The van der Waals surface area contributed by atoms with Gasteiger partial charge in [-0.1, -0.05) is 0 Å². The number of hydrogen-bond acceptors (Lipinski definition) is 3. The fraction of sp³-hybridized carbons (Fsp3) is 0.611. The van der Waals surface area contributed by atoms with Crippen molar-refractivity contribution in [1.82, 2.24) is 30.2 Å². The van der Waals surface area contributed by atoms with Crippen LogP contribution in [-0.4, -0.2) is 31.2 Å². The van der Waals surface area contributed by atoms with E-state index < -0.39 is 11.9 Å². The molecule has 2 N–H and O–H groups in total. The molecule has 2 heterocycles. The molecule has 10 heteroatoms. The van der Waals surface area contributed by atoms with Crippen LogP contribution in [0.1, 0.15) is 54.7 Å². The SMILES string of the molecule is CCn1cc(CNC(=S)NCCCn2nc(C(F)(F)F)cc2C2CC2)c(C)n1. The second-order valence-electron chi connectivity index (χ2n) is 7.01. The Balaban J connectivity index is 1.43. The molecule has 154 valence electrons. The lowest BCUT2D eigenvalue weighted by molar-refractivity contribution is -0.141. The van der Waals surface area contributed by atoms with Crippen molar-refractivity contribution < 1.29 is 13.2 Å². The molecule has 0 bridgehead atoms. The van der Waals surface area contributed by atoms with Gasteiger partial charge >= 0.3 is 6.18 Å². The standard InChI is InChI=1S/C18H25F3N6S/c1-3-26-11-14(12(2)24-26)10-23-17(28)22-7-4-8-27-15(13-5-6-13)9-16(25-27)18(19,20)21/h9,11,13H,3-8,10H2,1-2H3,(H2,22,23,28). The third-order valence-electron chi connectivity index (χ3n) is 4.74. The third kappa shape index (κ3) is 5.24. The normalized spacial score (nSPS) is 14.3. The summed E-state index contributed by atoms with van der Waals surface area (Å²) in [7, 11) is 0. The van der Waals surface area contributed by atoms with Crippen LogP contribution in [-0.2, 0) is 25.8 Å². The highest BCUT2D eigenvalue weighted by Gasteiger charge is 2.37. The fourth-order valence-electron chi connectivity index (χ4n) is 3.02. The summed E-state index contributed by atoms with van der Waals surface area (Å²) in [5.74, 6) is 0.214. The number of alkyl halides is 3. The van der Waals surface area contributed by atoms with Gasteiger partial charge in [0.2, 0.25) is 0 Å². The summed E-state index contributed by atoms with van der Waals surface area (Å²) in [5, 5.41) is 14.9.